The number of likely N-dealkylation sites (tertiary alicyclic amines) is 1. The van der Waals surface area contributed by atoms with Gasteiger partial charge in [0.15, 0.2) is 0 Å². The van der Waals surface area contributed by atoms with Crippen LogP contribution in [0.25, 0.3) is 0 Å². The highest BCUT2D eigenvalue weighted by Crippen LogP contribution is 2.25. The molecular weight excluding hydrogens is 244 g/mol. The summed E-state index contributed by atoms with van der Waals surface area (Å²) in [5, 5.41) is 8.93. The first-order chi connectivity index (χ1) is 8.90. The Balaban J connectivity index is 2.45. The van der Waals surface area contributed by atoms with Crippen molar-refractivity contribution < 1.29 is 14.7 Å². The van der Waals surface area contributed by atoms with Crippen molar-refractivity contribution in [2.45, 2.75) is 34.1 Å². The molecule has 19 heavy (non-hydrogen) atoms. The number of rotatable bonds is 6. The SMILES string of the molecule is CCC(C)CN(CC)C(=O)N1CC(C(C)C(=O)O)C1. The third-order valence-electron chi connectivity index (χ3n) is 4.16. The van der Waals surface area contributed by atoms with Crippen molar-refractivity contribution >= 4 is 12.0 Å². The van der Waals surface area contributed by atoms with Gasteiger partial charge in [-0.3, -0.25) is 4.79 Å². The van der Waals surface area contributed by atoms with Crippen LogP contribution in [0.1, 0.15) is 34.1 Å². The van der Waals surface area contributed by atoms with E-state index in [-0.39, 0.29) is 17.9 Å². The standard InChI is InChI=1S/C14H26N2O3/c1-5-10(3)7-15(6-2)14(19)16-8-12(9-16)11(4)13(17)18/h10-12H,5-9H2,1-4H3,(H,17,18). The first-order valence-electron chi connectivity index (χ1n) is 7.17. The van der Waals surface area contributed by atoms with Crippen molar-refractivity contribution in [1.82, 2.24) is 9.80 Å². The molecule has 0 aromatic heterocycles. The molecule has 2 unspecified atom stereocenters. The molecule has 1 heterocycles. The van der Waals surface area contributed by atoms with Crippen LogP contribution in [0.3, 0.4) is 0 Å². The number of nitrogens with zero attached hydrogens (tertiary/aromatic N) is 2. The quantitative estimate of drug-likeness (QED) is 0.804. The van der Waals surface area contributed by atoms with Gasteiger partial charge in [0.25, 0.3) is 0 Å². The summed E-state index contributed by atoms with van der Waals surface area (Å²) in [6.07, 6.45) is 1.06. The predicted molar refractivity (Wildman–Crippen MR) is 74.0 cm³/mol. The lowest BCUT2D eigenvalue weighted by molar-refractivity contribution is -0.144. The first kappa shape index (κ1) is 15.8. The fraction of sp³-hybridized carbons (Fsp3) is 0.857. The summed E-state index contributed by atoms with van der Waals surface area (Å²) in [4.78, 5) is 26.7. The molecule has 2 amide bonds. The summed E-state index contributed by atoms with van der Waals surface area (Å²) in [6.45, 7) is 10.6. The van der Waals surface area contributed by atoms with Crippen molar-refractivity contribution in [3.8, 4) is 0 Å². The van der Waals surface area contributed by atoms with Gasteiger partial charge in [-0.2, -0.15) is 0 Å². The van der Waals surface area contributed by atoms with Crippen molar-refractivity contribution in [2.75, 3.05) is 26.2 Å². The zero-order valence-corrected chi connectivity index (χ0v) is 12.4. The van der Waals surface area contributed by atoms with Crippen LogP contribution in [0.15, 0.2) is 0 Å². The van der Waals surface area contributed by atoms with Crippen molar-refractivity contribution in [2.24, 2.45) is 17.8 Å². The van der Waals surface area contributed by atoms with Crippen LogP contribution in [-0.2, 0) is 4.79 Å². The minimum Gasteiger partial charge on any atom is -0.481 e. The van der Waals surface area contributed by atoms with Gasteiger partial charge in [0.05, 0.1) is 5.92 Å². The van der Waals surface area contributed by atoms with Gasteiger partial charge in [-0.25, -0.2) is 4.79 Å². The van der Waals surface area contributed by atoms with E-state index in [4.69, 9.17) is 5.11 Å². The molecule has 110 valence electrons. The molecule has 1 fully saturated rings. The Morgan fingerprint density at radius 3 is 2.32 bits per heavy atom. The van der Waals surface area contributed by atoms with Gasteiger partial charge >= 0.3 is 12.0 Å². The molecule has 0 saturated carbocycles. The average molecular weight is 270 g/mol. The highest BCUT2D eigenvalue weighted by molar-refractivity contribution is 5.76. The van der Waals surface area contributed by atoms with E-state index in [0.29, 0.717) is 25.6 Å². The lowest BCUT2D eigenvalue weighted by Gasteiger charge is -2.43. The predicted octanol–water partition coefficient (Wildman–Crippen LogP) is 2.13. The lowest BCUT2D eigenvalue weighted by atomic mass is 9.87. The van der Waals surface area contributed by atoms with Gasteiger partial charge in [0, 0.05) is 32.1 Å². The van der Waals surface area contributed by atoms with Crippen LogP contribution in [0, 0.1) is 17.8 Å². The Hall–Kier alpha value is -1.26. The molecule has 0 aromatic rings. The Kier molecular flexibility index (Phi) is 5.63. The molecule has 2 atom stereocenters. The molecule has 1 aliphatic rings. The van der Waals surface area contributed by atoms with Crippen LogP contribution >= 0.6 is 0 Å². The van der Waals surface area contributed by atoms with Crippen LogP contribution in [0.5, 0.6) is 0 Å². The molecule has 0 aromatic carbocycles. The smallest absolute Gasteiger partial charge is 0.320 e. The third-order valence-corrected chi connectivity index (χ3v) is 4.16. The molecule has 0 spiro atoms. The number of carboxylic acids is 1. The van der Waals surface area contributed by atoms with Crippen molar-refractivity contribution in [3.05, 3.63) is 0 Å². The molecule has 5 heteroatoms. The van der Waals surface area contributed by atoms with E-state index in [1.165, 1.54) is 0 Å². The van der Waals surface area contributed by atoms with E-state index in [0.717, 1.165) is 13.0 Å². The monoisotopic (exact) mass is 270 g/mol. The lowest BCUT2D eigenvalue weighted by Crippen LogP contribution is -2.57. The van der Waals surface area contributed by atoms with Crippen molar-refractivity contribution in [1.29, 1.82) is 0 Å². The van der Waals surface area contributed by atoms with E-state index in [2.05, 4.69) is 13.8 Å². The zero-order valence-electron chi connectivity index (χ0n) is 12.4. The highest BCUT2D eigenvalue weighted by Gasteiger charge is 2.38. The summed E-state index contributed by atoms with van der Waals surface area (Å²) in [7, 11) is 0. The van der Waals surface area contributed by atoms with Gasteiger partial charge in [0.1, 0.15) is 0 Å². The third kappa shape index (κ3) is 3.85. The summed E-state index contributed by atoms with van der Waals surface area (Å²) in [6, 6.07) is 0.0524. The van der Waals surface area contributed by atoms with Gasteiger partial charge in [-0.15, -0.1) is 0 Å². The molecule has 1 rings (SSSR count). The summed E-state index contributed by atoms with van der Waals surface area (Å²) < 4.78 is 0. The minimum atomic E-state index is -0.774. The fourth-order valence-corrected chi connectivity index (χ4v) is 2.23. The van der Waals surface area contributed by atoms with E-state index >= 15 is 0 Å². The van der Waals surface area contributed by atoms with Crippen molar-refractivity contribution in [3.63, 3.8) is 0 Å². The maximum Gasteiger partial charge on any atom is 0.320 e. The molecule has 1 N–H and O–H groups in total. The van der Waals surface area contributed by atoms with E-state index in [1.54, 1.807) is 11.8 Å². The maximum absolute atomic E-state index is 12.3. The van der Waals surface area contributed by atoms with Gasteiger partial charge in [0.2, 0.25) is 0 Å². The summed E-state index contributed by atoms with van der Waals surface area (Å²) in [5.41, 5.74) is 0. The second-order valence-electron chi connectivity index (χ2n) is 5.63. The molecule has 1 aliphatic heterocycles. The van der Waals surface area contributed by atoms with Gasteiger partial charge in [-0.1, -0.05) is 27.2 Å². The molecule has 0 aliphatic carbocycles. The fourth-order valence-electron chi connectivity index (χ4n) is 2.23. The zero-order chi connectivity index (χ0) is 14.6. The maximum atomic E-state index is 12.3. The van der Waals surface area contributed by atoms with E-state index in [9.17, 15) is 9.59 Å². The second kappa shape index (κ2) is 6.78. The Bertz CT molecular complexity index is 327. The van der Waals surface area contributed by atoms with E-state index in [1.807, 2.05) is 11.8 Å². The number of aliphatic carboxylic acids is 1. The number of carbonyl (C=O) groups is 2. The average Bonchev–Trinajstić information content (AvgIpc) is 2.33. The Morgan fingerprint density at radius 2 is 1.89 bits per heavy atom. The number of hydrogen-bond acceptors (Lipinski definition) is 2. The van der Waals surface area contributed by atoms with Gasteiger partial charge < -0.3 is 14.9 Å². The second-order valence-corrected chi connectivity index (χ2v) is 5.63. The van der Waals surface area contributed by atoms with Crippen LogP contribution in [-0.4, -0.2) is 53.1 Å². The number of carboxylic acid groups (broad SMARTS) is 1. The number of carbonyl (C=O) groups excluding carboxylic acids is 1. The van der Waals surface area contributed by atoms with Crippen LogP contribution in [0.2, 0.25) is 0 Å². The number of urea groups is 1. The molecule has 0 bridgehead atoms. The van der Waals surface area contributed by atoms with Gasteiger partial charge in [-0.05, 0) is 12.8 Å². The number of amides is 2. The number of hydrogen-bond donors (Lipinski definition) is 1. The largest absolute Gasteiger partial charge is 0.481 e. The topological polar surface area (TPSA) is 60.9 Å². The molecule has 0 radical (unpaired) electrons. The summed E-state index contributed by atoms with van der Waals surface area (Å²) in [5.74, 6) is -0.541. The first-order valence-corrected chi connectivity index (χ1v) is 7.17. The Morgan fingerprint density at radius 1 is 1.32 bits per heavy atom. The molecule has 5 nitrogen and oxygen atoms in total. The van der Waals surface area contributed by atoms with Crippen LogP contribution in [0.4, 0.5) is 4.79 Å². The van der Waals surface area contributed by atoms with E-state index < -0.39 is 5.97 Å². The molecular formula is C14H26N2O3. The van der Waals surface area contributed by atoms with Crippen LogP contribution < -0.4 is 0 Å². The highest BCUT2D eigenvalue weighted by atomic mass is 16.4. The molecule has 1 saturated heterocycles. The Labute approximate surface area is 115 Å². The summed E-state index contributed by atoms with van der Waals surface area (Å²) >= 11 is 0. The normalized spacial score (nSPS) is 18.6. The minimum absolute atomic E-state index is 0.0524.